The van der Waals surface area contributed by atoms with Crippen LogP contribution < -0.4 is 4.90 Å². The maximum absolute atomic E-state index is 11.9. The summed E-state index contributed by atoms with van der Waals surface area (Å²) in [5.74, 6) is -0.356. The molecule has 6 rings (SSSR count). The molecule has 1 aromatic heterocycles. The summed E-state index contributed by atoms with van der Waals surface area (Å²) in [5.41, 5.74) is 6.61. The quantitative estimate of drug-likeness (QED) is 0.324. The third-order valence-electron chi connectivity index (χ3n) is 9.61. The summed E-state index contributed by atoms with van der Waals surface area (Å²) in [7, 11) is 0. The summed E-state index contributed by atoms with van der Waals surface area (Å²) in [5, 5.41) is 11.8. The van der Waals surface area contributed by atoms with Crippen molar-refractivity contribution in [3.63, 3.8) is 0 Å². The van der Waals surface area contributed by atoms with Crippen molar-refractivity contribution >= 4 is 34.2 Å². The summed E-state index contributed by atoms with van der Waals surface area (Å²) in [6, 6.07) is 12.9. The van der Waals surface area contributed by atoms with Gasteiger partial charge < -0.3 is 19.5 Å². The number of fused-ring (bicyclic) bond motifs is 5. The lowest BCUT2D eigenvalue weighted by molar-refractivity contribution is 0.0697. The standard InChI is InChI=1S/C33H42ClN3O2/c1-2-26-11-6-7-16-35(26)17-8-18-36-19-20-37-30-21-24(33(38)39)12-14-27(30)31(23-9-4-3-5-10-23)32(37)28-15-13-25(34)22-29(28)36/h12-15,21-23,26H,2-11,16-20H2,1H3,(H,38,39). The van der Waals surface area contributed by atoms with E-state index in [1.165, 1.54) is 92.2 Å². The summed E-state index contributed by atoms with van der Waals surface area (Å²) < 4.78 is 2.43. The van der Waals surface area contributed by atoms with Crippen molar-refractivity contribution in [1.29, 1.82) is 0 Å². The number of piperidine rings is 1. The zero-order valence-electron chi connectivity index (χ0n) is 23.3. The number of rotatable bonds is 7. The third kappa shape index (κ3) is 5.20. The van der Waals surface area contributed by atoms with E-state index in [0.717, 1.165) is 49.2 Å². The average Bonchev–Trinajstić information content (AvgIpc) is 3.20. The lowest BCUT2D eigenvalue weighted by atomic mass is 9.81. The highest BCUT2D eigenvalue weighted by Gasteiger charge is 2.31. The Bertz CT molecular complexity index is 1340. The van der Waals surface area contributed by atoms with Crippen LogP contribution in [0.1, 0.15) is 93.0 Å². The first-order chi connectivity index (χ1) is 19.0. The lowest BCUT2D eigenvalue weighted by Crippen LogP contribution is -2.40. The number of nitrogens with zero attached hydrogens (tertiary/aromatic N) is 3. The molecule has 2 aromatic carbocycles. The lowest BCUT2D eigenvalue weighted by Gasteiger charge is -2.36. The number of hydrogen-bond donors (Lipinski definition) is 1. The molecular formula is C33H42ClN3O2. The van der Waals surface area contributed by atoms with E-state index in [-0.39, 0.29) is 0 Å². The van der Waals surface area contributed by atoms with Gasteiger partial charge in [0.05, 0.1) is 11.3 Å². The molecule has 3 aromatic rings. The molecule has 2 fully saturated rings. The predicted octanol–water partition coefficient (Wildman–Crippen LogP) is 8.18. The second-order valence-electron chi connectivity index (χ2n) is 11.9. The van der Waals surface area contributed by atoms with Crippen molar-refractivity contribution in [1.82, 2.24) is 9.47 Å². The van der Waals surface area contributed by atoms with Gasteiger partial charge >= 0.3 is 5.97 Å². The van der Waals surface area contributed by atoms with Gasteiger partial charge in [-0.05, 0) is 86.9 Å². The number of carboxylic acid groups (broad SMARTS) is 1. The van der Waals surface area contributed by atoms with Crippen molar-refractivity contribution < 1.29 is 9.90 Å². The molecule has 0 spiro atoms. The van der Waals surface area contributed by atoms with Crippen LogP contribution in [0, 0.1) is 0 Å². The minimum Gasteiger partial charge on any atom is -0.478 e. The molecule has 0 bridgehead atoms. The van der Waals surface area contributed by atoms with Gasteiger partial charge in [-0.25, -0.2) is 4.79 Å². The van der Waals surface area contributed by atoms with E-state index >= 15 is 0 Å². The zero-order valence-corrected chi connectivity index (χ0v) is 24.1. The zero-order chi connectivity index (χ0) is 26.9. The summed E-state index contributed by atoms with van der Waals surface area (Å²) in [6.07, 6.45) is 12.6. The van der Waals surface area contributed by atoms with E-state index in [4.69, 9.17) is 11.6 Å². The minimum atomic E-state index is -0.864. The number of anilines is 1. The van der Waals surface area contributed by atoms with Crippen molar-refractivity contribution in [2.75, 3.05) is 31.1 Å². The van der Waals surface area contributed by atoms with Gasteiger partial charge in [0.15, 0.2) is 0 Å². The Labute approximate surface area is 237 Å². The van der Waals surface area contributed by atoms with Crippen LogP contribution in [0.25, 0.3) is 22.2 Å². The predicted molar refractivity (Wildman–Crippen MR) is 162 cm³/mol. The van der Waals surface area contributed by atoms with E-state index in [2.05, 4.69) is 39.5 Å². The molecule has 2 aliphatic heterocycles. The average molecular weight is 548 g/mol. The minimum absolute atomic E-state index is 0.363. The number of aromatic nitrogens is 1. The molecule has 6 heteroatoms. The second-order valence-corrected chi connectivity index (χ2v) is 12.3. The van der Waals surface area contributed by atoms with E-state index in [0.29, 0.717) is 11.5 Å². The molecule has 0 amide bonds. The van der Waals surface area contributed by atoms with Gasteiger partial charge in [-0.1, -0.05) is 50.3 Å². The molecular weight excluding hydrogens is 506 g/mol. The van der Waals surface area contributed by atoms with Gasteiger partial charge in [0, 0.05) is 59.4 Å². The molecule has 1 unspecified atom stereocenters. The van der Waals surface area contributed by atoms with Crippen LogP contribution in [0.15, 0.2) is 36.4 Å². The van der Waals surface area contributed by atoms with Crippen molar-refractivity contribution in [3.8, 4) is 11.3 Å². The van der Waals surface area contributed by atoms with Crippen LogP contribution in [-0.2, 0) is 6.54 Å². The Balaban J connectivity index is 1.39. The molecule has 5 nitrogen and oxygen atoms in total. The van der Waals surface area contributed by atoms with Gasteiger partial charge in [0.25, 0.3) is 0 Å². The second kappa shape index (κ2) is 11.5. The number of aromatic carboxylic acids is 1. The largest absolute Gasteiger partial charge is 0.478 e. The monoisotopic (exact) mass is 547 g/mol. The number of carbonyl (C=O) groups is 1. The molecule has 39 heavy (non-hydrogen) atoms. The van der Waals surface area contributed by atoms with Crippen LogP contribution in [0.2, 0.25) is 5.02 Å². The smallest absolute Gasteiger partial charge is 0.335 e. The fourth-order valence-electron chi connectivity index (χ4n) is 7.66. The van der Waals surface area contributed by atoms with E-state index in [1.54, 1.807) is 6.07 Å². The van der Waals surface area contributed by atoms with E-state index < -0.39 is 5.97 Å². The number of hydrogen-bond acceptors (Lipinski definition) is 3. The fraction of sp³-hybridized carbons (Fsp3) is 0.545. The van der Waals surface area contributed by atoms with Gasteiger partial charge in [0.2, 0.25) is 0 Å². The number of halogens is 1. The molecule has 3 heterocycles. The highest BCUT2D eigenvalue weighted by molar-refractivity contribution is 6.31. The molecule has 208 valence electrons. The van der Waals surface area contributed by atoms with Crippen molar-refractivity contribution in [3.05, 3.63) is 52.5 Å². The Morgan fingerprint density at radius 2 is 1.77 bits per heavy atom. The Morgan fingerprint density at radius 3 is 2.56 bits per heavy atom. The fourth-order valence-corrected chi connectivity index (χ4v) is 7.82. The number of likely N-dealkylation sites (tertiary alicyclic amines) is 1. The van der Waals surface area contributed by atoms with Gasteiger partial charge in [-0.3, -0.25) is 0 Å². The Hall–Kier alpha value is -2.50. The maximum Gasteiger partial charge on any atom is 0.335 e. The highest BCUT2D eigenvalue weighted by atomic mass is 35.5. The first-order valence-electron chi connectivity index (χ1n) is 15.2. The first kappa shape index (κ1) is 26.7. The maximum atomic E-state index is 11.9. The van der Waals surface area contributed by atoms with E-state index in [1.807, 2.05) is 12.1 Å². The molecule has 1 aliphatic carbocycles. The van der Waals surface area contributed by atoms with Gasteiger partial charge in [-0.2, -0.15) is 0 Å². The number of carboxylic acids is 1. The summed E-state index contributed by atoms with van der Waals surface area (Å²) in [4.78, 5) is 17.2. The molecule has 1 N–H and O–H groups in total. The van der Waals surface area contributed by atoms with Crippen LogP contribution in [0.3, 0.4) is 0 Å². The summed E-state index contributed by atoms with van der Waals surface area (Å²) >= 11 is 6.63. The molecule has 1 saturated carbocycles. The third-order valence-corrected chi connectivity index (χ3v) is 9.84. The molecule has 1 atom stereocenters. The van der Waals surface area contributed by atoms with Crippen LogP contribution in [0.4, 0.5) is 5.69 Å². The van der Waals surface area contributed by atoms with Crippen LogP contribution in [-0.4, -0.2) is 52.8 Å². The normalized spacial score (nSPS) is 20.6. The Kier molecular flexibility index (Phi) is 7.91. The molecule has 1 saturated heterocycles. The van der Waals surface area contributed by atoms with Crippen LogP contribution >= 0.6 is 11.6 Å². The van der Waals surface area contributed by atoms with Crippen molar-refractivity contribution in [2.45, 2.75) is 89.6 Å². The van der Waals surface area contributed by atoms with Crippen LogP contribution in [0.5, 0.6) is 0 Å². The van der Waals surface area contributed by atoms with E-state index in [9.17, 15) is 9.90 Å². The summed E-state index contributed by atoms with van der Waals surface area (Å²) in [6.45, 7) is 7.44. The van der Waals surface area contributed by atoms with Crippen molar-refractivity contribution in [2.24, 2.45) is 0 Å². The van der Waals surface area contributed by atoms with Gasteiger partial charge in [-0.15, -0.1) is 0 Å². The topological polar surface area (TPSA) is 48.7 Å². The highest BCUT2D eigenvalue weighted by Crippen LogP contribution is 2.48. The van der Waals surface area contributed by atoms with Gasteiger partial charge in [0.1, 0.15) is 0 Å². The first-order valence-corrected chi connectivity index (χ1v) is 15.6. The SMILES string of the molecule is CCC1CCCCN1CCCN1CCn2c(c(C3CCCCC3)c3ccc(C(=O)O)cc32)-c2ccc(Cl)cc21. The Morgan fingerprint density at radius 1 is 0.949 bits per heavy atom. The number of benzene rings is 2. The molecule has 0 radical (unpaired) electrons. The molecule has 3 aliphatic rings.